The van der Waals surface area contributed by atoms with Crippen LogP contribution in [-0.2, 0) is 19.0 Å². The minimum atomic E-state index is -0.0484. The second-order valence-electron chi connectivity index (χ2n) is 6.74. The fourth-order valence-electron chi connectivity index (χ4n) is 3.22. The van der Waals surface area contributed by atoms with Crippen molar-refractivity contribution >= 4 is 39.6 Å². The molecule has 0 bridgehead atoms. The monoisotopic (exact) mass is 481 g/mol. The minimum absolute atomic E-state index is 0.0484. The van der Waals surface area contributed by atoms with E-state index in [9.17, 15) is 9.59 Å². The third-order valence-corrected chi connectivity index (χ3v) is 6.45. The zero-order valence-corrected chi connectivity index (χ0v) is 18.7. The van der Waals surface area contributed by atoms with E-state index < -0.39 is 0 Å². The molecule has 2 rings (SSSR count). The summed E-state index contributed by atoms with van der Waals surface area (Å²) in [4.78, 5) is 23.2. The molecular formula is C18H32BrN3O5S. The number of alkyl halides is 1. The number of fused-ring (bicyclic) bond motifs is 1. The molecular weight excluding hydrogens is 450 g/mol. The van der Waals surface area contributed by atoms with Gasteiger partial charge in [-0.3, -0.25) is 4.79 Å². The molecule has 8 nitrogen and oxygen atoms in total. The van der Waals surface area contributed by atoms with E-state index in [0.717, 1.165) is 30.3 Å². The van der Waals surface area contributed by atoms with E-state index in [1.807, 2.05) is 11.8 Å². The Labute approximate surface area is 179 Å². The lowest BCUT2D eigenvalue weighted by molar-refractivity contribution is -0.121. The number of halogens is 1. The number of carbonyl (C=O) groups excluding carboxylic acids is 2. The van der Waals surface area contributed by atoms with Gasteiger partial charge >= 0.3 is 6.03 Å². The third kappa shape index (κ3) is 9.30. The van der Waals surface area contributed by atoms with Crippen molar-refractivity contribution in [1.82, 2.24) is 16.0 Å². The van der Waals surface area contributed by atoms with Crippen LogP contribution in [0.15, 0.2) is 0 Å². The Morgan fingerprint density at radius 2 is 1.79 bits per heavy atom. The van der Waals surface area contributed by atoms with Crippen LogP contribution in [0.3, 0.4) is 0 Å². The van der Waals surface area contributed by atoms with Crippen LogP contribution in [-0.4, -0.2) is 86.5 Å². The first-order valence-corrected chi connectivity index (χ1v) is 12.1. The summed E-state index contributed by atoms with van der Waals surface area (Å²) in [6.07, 6.45) is 3.43. The van der Waals surface area contributed by atoms with Crippen molar-refractivity contribution in [3.8, 4) is 0 Å². The molecule has 0 saturated carbocycles. The van der Waals surface area contributed by atoms with Gasteiger partial charge in [0.1, 0.15) is 0 Å². The molecule has 162 valence electrons. The minimum Gasteiger partial charge on any atom is -0.378 e. The van der Waals surface area contributed by atoms with Gasteiger partial charge in [-0.05, 0) is 12.8 Å². The highest BCUT2D eigenvalue weighted by Crippen LogP contribution is 2.33. The number of thioether (sulfide) groups is 1. The summed E-state index contributed by atoms with van der Waals surface area (Å²) in [6, 6.07) is 0.464. The molecule has 0 spiro atoms. The second-order valence-corrected chi connectivity index (χ2v) is 8.81. The lowest BCUT2D eigenvalue weighted by Crippen LogP contribution is -2.36. The highest BCUT2D eigenvalue weighted by Gasteiger charge is 2.42. The number of urea groups is 1. The molecule has 2 heterocycles. The summed E-state index contributed by atoms with van der Waals surface area (Å²) in [7, 11) is 0. The number of amides is 3. The Balaban J connectivity index is 1.34. The number of carbonyl (C=O) groups is 2. The van der Waals surface area contributed by atoms with Gasteiger partial charge in [-0.1, -0.05) is 22.4 Å². The first-order valence-electron chi connectivity index (χ1n) is 9.95. The van der Waals surface area contributed by atoms with E-state index >= 15 is 0 Å². The van der Waals surface area contributed by atoms with Gasteiger partial charge in [0.05, 0.1) is 51.7 Å². The third-order valence-electron chi connectivity index (χ3n) is 4.61. The molecule has 28 heavy (non-hydrogen) atoms. The molecule has 2 aliphatic heterocycles. The number of nitrogens with one attached hydrogen (secondary N) is 3. The molecule has 0 radical (unpaired) electrons. The van der Waals surface area contributed by atoms with Crippen molar-refractivity contribution in [3.63, 3.8) is 0 Å². The first-order chi connectivity index (χ1) is 13.7. The van der Waals surface area contributed by atoms with Gasteiger partial charge in [0, 0.05) is 29.3 Å². The highest BCUT2D eigenvalue weighted by molar-refractivity contribution is 9.09. The number of hydrogen-bond donors (Lipinski definition) is 3. The molecule has 2 saturated heterocycles. The SMILES string of the molecule is O=C(CCCC[C@@H]1SC[C@@H]2NC(=O)N[C@H]21)NCCOCCOCCOCCBr. The first kappa shape index (κ1) is 23.7. The summed E-state index contributed by atoms with van der Waals surface area (Å²) in [6.45, 7) is 3.90. The van der Waals surface area contributed by atoms with Crippen molar-refractivity contribution < 1.29 is 23.8 Å². The van der Waals surface area contributed by atoms with Crippen molar-refractivity contribution in [1.29, 1.82) is 0 Å². The van der Waals surface area contributed by atoms with Gasteiger partial charge < -0.3 is 30.2 Å². The van der Waals surface area contributed by atoms with E-state index in [0.29, 0.717) is 57.9 Å². The van der Waals surface area contributed by atoms with Gasteiger partial charge in [0.15, 0.2) is 0 Å². The Morgan fingerprint density at radius 3 is 2.54 bits per heavy atom. The van der Waals surface area contributed by atoms with Crippen LogP contribution in [0.2, 0.25) is 0 Å². The summed E-state index contributed by atoms with van der Waals surface area (Å²) >= 11 is 5.20. The molecule has 0 unspecified atom stereocenters. The number of ether oxygens (including phenoxy) is 3. The summed E-state index contributed by atoms with van der Waals surface area (Å²) < 4.78 is 16.1. The fourth-order valence-corrected chi connectivity index (χ4v) is 4.99. The van der Waals surface area contributed by atoms with Gasteiger partial charge in [0.2, 0.25) is 5.91 Å². The van der Waals surface area contributed by atoms with Gasteiger partial charge in [-0.2, -0.15) is 11.8 Å². The molecule has 10 heteroatoms. The average Bonchev–Trinajstić information content (AvgIpc) is 3.22. The molecule has 3 atom stereocenters. The van der Waals surface area contributed by atoms with Crippen LogP contribution in [0.4, 0.5) is 4.79 Å². The number of unbranched alkanes of at least 4 members (excludes halogenated alkanes) is 1. The lowest BCUT2D eigenvalue weighted by atomic mass is 10.0. The number of hydrogen-bond acceptors (Lipinski definition) is 6. The molecule has 0 aromatic carbocycles. The van der Waals surface area contributed by atoms with E-state index in [2.05, 4.69) is 31.9 Å². The molecule has 3 amide bonds. The van der Waals surface area contributed by atoms with E-state index in [1.54, 1.807) is 0 Å². The zero-order valence-electron chi connectivity index (χ0n) is 16.3. The van der Waals surface area contributed by atoms with E-state index in [-0.39, 0.29) is 24.0 Å². The zero-order chi connectivity index (χ0) is 20.0. The predicted octanol–water partition coefficient (Wildman–Crippen LogP) is 1.27. The lowest BCUT2D eigenvalue weighted by Gasteiger charge is -2.16. The quantitative estimate of drug-likeness (QED) is 0.174. The normalized spacial score (nSPS) is 23.3. The highest BCUT2D eigenvalue weighted by atomic mass is 79.9. The maximum atomic E-state index is 11.8. The molecule has 2 fully saturated rings. The molecule has 0 aliphatic carbocycles. The Morgan fingerprint density at radius 1 is 1.07 bits per heavy atom. The van der Waals surface area contributed by atoms with Crippen LogP contribution >= 0.6 is 27.7 Å². The smallest absolute Gasteiger partial charge is 0.315 e. The van der Waals surface area contributed by atoms with Gasteiger partial charge in [-0.25, -0.2) is 4.79 Å². The van der Waals surface area contributed by atoms with Crippen LogP contribution in [0.5, 0.6) is 0 Å². The Hall–Kier alpha value is -0.550. The van der Waals surface area contributed by atoms with Crippen molar-refractivity contribution in [2.75, 3.05) is 57.3 Å². The number of rotatable bonds is 16. The predicted molar refractivity (Wildman–Crippen MR) is 113 cm³/mol. The van der Waals surface area contributed by atoms with Crippen molar-refractivity contribution in [2.45, 2.75) is 43.0 Å². The van der Waals surface area contributed by atoms with Crippen LogP contribution in [0.25, 0.3) is 0 Å². The summed E-state index contributed by atoms with van der Waals surface area (Å²) in [5.41, 5.74) is 0. The molecule has 0 aromatic heterocycles. The Kier molecular flexibility index (Phi) is 12.2. The van der Waals surface area contributed by atoms with E-state index in [4.69, 9.17) is 14.2 Å². The largest absolute Gasteiger partial charge is 0.378 e. The fraction of sp³-hybridized carbons (Fsp3) is 0.889. The molecule has 0 aromatic rings. The second kappa shape index (κ2) is 14.4. The maximum absolute atomic E-state index is 11.8. The van der Waals surface area contributed by atoms with E-state index in [1.165, 1.54) is 0 Å². The molecule has 2 aliphatic rings. The maximum Gasteiger partial charge on any atom is 0.315 e. The van der Waals surface area contributed by atoms with Crippen LogP contribution in [0, 0.1) is 0 Å². The van der Waals surface area contributed by atoms with Crippen LogP contribution in [0.1, 0.15) is 25.7 Å². The topological polar surface area (TPSA) is 97.9 Å². The van der Waals surface area contributed by atoms with Crippen molar-refractivity contribution in [3.05, 3.63) is 0 Å². The summed E-state index contributed by atoms with van der Waals surface area (Å²) in [5.74, 6) is 1.04. The standard InChI is InChI=1S/C18H32BrN3O5S/c19-5-7-25-9-11-27-12-10-26-8-6-20-16(23)4-2-1-3-15-17-14(13-28-15)21-18(24)22-17/h14-15,17H,1-13H2,(H,20,23)(H2,21,22,24)/t14-,15-,17+/m0/s1. The van der Waals surface area contributed by atoms with Gasteiger partial charge in [-0.15, -0.1) is 0 Å². The Bertz CT molecular complexity index is 475. The average molecular weight is 482 g/mol. The van der Waals surface area contributed by atoms with Crippen LogP contribution < -0.4 is 16.0 Å². The molecule has 3 N–H and O–H groups in total. The summed E-state index contributed by atoms with van der Waals surface area (Å²) in [5, 5.41) is 10.1. The van der Waals surface area contributed by atoms with Gasteiger partial charge in [0.25, 0.3) is 0 Å². The van der Waals surface area contributed by atoms with Crippen molar-refractivity contribution in [2.24, 2.45) is 0 Å².